The van der Waals surface area contributed by atoms with Crippen molar-refractivity contribution in [2.24, 2.45) is 34.2 Å². The van der Waals surface area contributed by atoms with Crippen LogP contribution in [0.2, 0.25) is 0 Å². The Morgan fingerprint density at radius 3 is 2.31 bits per heavy atom. The number of allylic oxidation sites excluding steroid dienone is 2. The lowest BCUT2D eigenvalue weighted by Crippen LogP contribution is -2.30. The lowest BCUT2D eigenvalue weighted by Gasteiger charge is -2.18. The molecule has 1 aromatic carbocycles. The third-order valence-corrected chi connectivity index (χ3v) is 7.32. The van der Waals surface area contributed by atoms with Gasteiger partial charge in [-0.1, -0.05) is 12.2 Å². The van der Waals surface area contributed by atoms with Crippen LogP contribution in [-0.2, 0) is 9.59 Å². The molecule has 26 heavy (non-hydrogen) atoms. The van der Waals surface area contributed by atoms with Crippen molar-refractivity contribution in [3.8, 4) is 11.5 Å². The molecule has 132 valence electrons. The third-order valence-electron chi connectivity index (χ3n) is 6.63. The number of imide groups is 1. The molecule has 1 spiro atoms. The predicted molar refractivity (Wildman–Crippen MR) is 94.5 cm³/mol. The van der Waals surface area contributed by atoms with Gasteiger partial charge in [-0.25, -0.2) is 0 Å². The number of rotatable bonds is 2. The molecule has 6 nitrogen and oxygen atoms in total. The van der Waals surface area contributed by atoms with Crippen LogP contribution in [0.5, 0.6) is 11.5 Å². The van der Waals surface area contributed by atoms with E-state index in [2.05, 4.69) is 33.2 Å². The molecule has 3 fully saturated rings. The van der Waals surface area contributed by atoms with Gasteiger partial charge in [-0.2, -0.15) is 10.1 Å². The van der Waals surface area contributed by atoms with Crippen LogP contribution in [0.15, 0.2) is 33.9 Å². The smallest absolute Gasteiger partial charge is 0.254 e. The van der Waals surface area contributed by atoms with Gasteiger partial charge in [0.25, 0.3) is 11.8 Å². The molecule has 0 radical (unpaired) electrons. The molecule has 5 aliphatic rings. The number of halogens is 1. The molecule has 1 saturated heterocycles. The minimum absolute atomic E-state index is 0.156. The van der Waals surface area contributed by atoms with E-state index < -0.39 is 0 Å². The Hall–Kier alpha value is -2.15. The van der Waals surface area contributed by atoms with Crippen molar-refractivity contribution in [2.45, 2.75) is 12.8 Å². The Bertz CT molecular complexity index is 902. The topological polar surface area (TPSA) is 68.2 Å². The summed E-state index contributed by atoms with van der Waals surface area (Å²) in [6.45, 7) is 0.187. The van der Waals surface area contributed by atoms with E-state index in [1.807, 2.05) is 0 Å². The van der Waals surface area contributed by atoms with Gasteiger partial charge in [0.05, 0.1) is 18.1 Å². The fourth-order valence-corrected chi connectivity index (χ4v) is 5.75. The highest BCUT2D eigenvalue weighted by molar-refractivity contribution is 9.10. The third kappa shape index (κ3) is 1.70. The Kier molecular flexibility index (Phi) is 2.74. The number of fused-ring (bicyclic) bond motifs is 4. The Morgan fingerprint density at radius 1 is 1.08 bits per heavy atom. The zero-order chi connectivity index (χ0) is 17.6. The van der Waals surface area contributed by atoms with Crippen molar-refractivity contribution in [2.75, 3.05) is 6.79 Å². The lowest BCUT2D eigenvalue weighted by molar-refractivity contribution is -0.141. The summed E-state index contributed by atoms with van der Waals surface area (Å²) in [5, 5.41) is 5.32. The number of hydrazone groups is 1. The summed E-state index contributed by atoms with van der Waals surface area (Å²) >= 11 is 3.47. The number of carbonyl (C=O) groups is 2. The molecule has 3 aliphatic carbocycles. The molecule has 1 aromatic rings. The van der Waals surface area contributed by atoms with E-state index in [1.165, 1.54) is 6.21 Å². The summed E-state index contributed by atoms with van der Waals surface area (Å²) in [5.74, 6) is 0.956. The van der Waals surface area contributed by atoms with Crippen LogP contribution in [0.1, 0.15) is 18.4 Å². The molecule has 2 amide bonds. The maximum absolute atomic E-state index is 12.9. The molecular weight excluding hydrogens is 400 g/mol. The number of hydrogen-bond acceptors (Lipinski definition) is 5. The van der Waals surface area contributed by atoms with Crippen LogP contribution in [0, 0.1) is 29.1 Å². The van der Waals surface area contributed by atoms with Crippen LogP contribution in [0.3, 0.4) is 0 Å². The highest BCUT2D eigenvalue weighted by atomic mass is 79.9. The zero-order valence-electron chi connectivity index (χ0n) is 13.7. The maximum atomic E-state index is 12.9. The predicted octanol–water partition coefficient (Wildman–Crippen LogP) is 2.71. The number of carbonyl (C=O) groups excluding carboxylic acids is 2. The summed E-state index contributed by atoms with van der Waals surface area (Å²) < 4.78 is 11.5. The van der Waals surface area contributed by atoms with Gasteiger partial charge in [0.2, 0.25) is 6.79 Å². The van der Waals surface area contributed by atoms with Gasteiger partial charge in [-0.05, 0) is 58.2 Å². The molecule has 7 heteroatoms. The Balaban J connectivity index is 1.31. The first kappa shape index (κ1) is 15.0. The minimum Gasteiger partial charge on any atom is -0.454 e. The van der Waals surface area contributed by atoms with Gasteiger partial charge in [0, 0.05) is 10.0 Å². The van der Waals surface area contributed by atoms with Crippen molar-refractivity contribution >= 4 is 34.0 Å². The van der Waals surface area contributed by atoms with E-state index in [4.69, 9.17) is 9.47 Å². The van der Waals surface area contributed by atoms with E-state index >= 15 is 0 Å². The van der Waals surface area contributed by atoms with E-state index in [-0.39, 0.29) is 47.7 Å². The van der Waals surface area contributed by atoms with Crippen LogP contribution in [-0.4, -0.2) is 29.8 Å². The Labute approximate surface area is 157 Å². The van der Waals surface area contributed by atoms with Gasteiger partial charge in [-0.15, -0.1) is 0 Å². The van der Waals surface area contributed by atoms with E-state index in [9.17, 15) is 9.59 Å². The van der Waals surface area contributed by atoms with Crippen LogP contribution < -0.4 is 9.47 Å². The molecule has 2 bridgehead atoms. The fraction of sp³-hybridized carbons (Fsp3) is 0.421. The minimum atomic E-state index is -0.225. The molecule has 2 aliphatic heterocycles. The largest absolute Gasteiger partial charge is 0.454 e. The highest BCUT2D eigenvalue weighted by Gasteiger charge is 2.73. The van der Waals surface area contributed by atoms with Crippen molar-refractivity contribution in [3.05, 3.63) is 34.3 Å². The van der Waals surface area contributed by atoms with E-state index in [0.29, 0.717) is 11.5 Å². The molecule has 6 rings (SSSR count). The summed E-state index contributed by atoms with van der Waals surface area (Å²) in [4.78, 5) is 25.8. The van der Waals surface area contributed by atoms with Crippen molar-refractivity contribution in [1.82, 2.24) is 5.01 Å². The molecule has 2 saturated carbocycles. The average molecular weight is 415 g/mol. The number of hydrogen-bond donors (Lipinski definition) is 0. The van der Waals surface area contributed by atoms with E-state index in [0.717, 1.165) is 27.9 Å². The summed E-state index contributed by atoms with van der Waals surface area (Å²) in [6.07, 6.45) is 8.12. The molecule has 4 unspecified atom stereocenters. The van der Waals surface area contributed by atoms with E-state index in [1.54, 1.807) is 12.1 Å². The molecule has 0 N–H and O–H groups in total. The van der Waals surface area contributed by atoms with Gasteiger partial charge < -0.3 is 9.47 Å². The number of benzene rings is 1. The van der Waals surface area contributed by atoms with Crippen LogP contribution in [0.4, 0.5) is 0 Å². The Morgan fingerprint density at radius 2 is 1.69 bits per heavy atom. The van der Waals surface area contributed by atoms with Crippen molar-refractivity contribution in [1.29, 1.82) is 0 Å². The number of nitrogens with zero attached hydrogens (tertiary/aromatic N) is 2. The second-order valence-corrected chi connectivity index (χ2v) is 8.54. The molecule has 4 atom stereocenters. The van der Waals surface area contributed by atoms with Gasteiger partial charge in [0.15, 0.2) is 11.5 Å². The summed E-state index contributed by atoms with van der Waals surface area (Å²) in [6, 6.07) is 3.58. The fourth-order valence-electron chi connectivity index (χ4n) is 5.33. The average Bonchev–Trinajstić information content (AvgIpc) is 2.94. The standard InChI is InChI=1S/C19H15BrN2O4/c20-12-6-14-13(25-8-26-14)5-9(12)7-21-22-17(23)15-10-1-2-11(16(15)18(22)24)19(10)3-4-19/h1-2,5-7,10-11,15-16H,3-4,8H2. The zero-order valence-corrected chi connectivity index (χ0v) is 15.3. The molecule has 2 heterocycles. The normalized spacial score (nSPS) is 34.6. The lowest BCUT2D eigenvalue weighted by atomic mass is 9.85. The maximum Gasteiger partial charge on any atom is 0.254 e. The van der Waals surface area contributed by atoms with Crippen molar-refractivity contribution < 1.29 is 19.1 Å². The number of amides is 2. The highest BCUT2D eigenvalue weighted by Crippen LogP contribution is 2.73. The summed E-state index contributed by atoms with van der Waals surface area (Å²) in [5.41, 5.74) is 0.934. The first-order chi connectivity index (χ1) is 12.6. The van der Waals surface area contributed by atoms with Crippen molar-refractivity contribution in [3.63, 3.8) is 0 Å². The summed E-state index contributed by atoms with van der Waals surface area (Å²) in [7, 11) is 0. The number of ether oxygens (including phenoxy) is 2. The SMILES string of the molecule is O=C1C2C(C(=O)N1N=Cc1cc3c(cc1Br)OCO3)C1C=CC2C12CC2. The quantitative estimate of drug-likeness (QED) is 0.423. The van der Waals surface area contributed by atoms with Gasteiger partial charge in [-0.3, -0.25) is 9.59 Å². The van der Waals surface area contributed by atoms with Gasteiger partial charge >= 0.3 is 0 Å². The monoisotopic (exact) mass is 414 g/mol. The molecule has 0 aromatic heterocycles. The first-order valence-corrected chi connectivity index (χ1v) is 9.59. The molecular formula is C19H15BrN2O4. The first-order valence-electron chi connectivity index (χ1n) is 8.79. The van der Waals surface area contributed by atoms with Crippen LogP contribution in [0.25, 0.3) is 0 Å². The van der Waals surface area contributed by atoms with Crippen LogP contribution >= 0.6 is 15.9 Å². The second-order valence-electron chi connectivity index (χ2n) is 7.68. The second kappa shape index (κ2) is 4.76. The van der Waals surface area contributed by atoms with Gasteiger partial charge in [0.1, 0.15) is 0 Å².